The molecule has 0 radical (unpaired) electrons. The molecule has 0 aliphatic carbocycles. The van der Waals surface area contributed by atoms with Gasteiger partial charge in [-0.1, -0.05) is 314 Å². The first-order chi connectivity index (χ1) is 36.5. The lowest BCUT2D eigenvalue weighted by Crippen LogP contribution is -2.45. The lowest BCUT2D eigenvalue weighted by Gasteiger charge is -2.22. The van der Waals surface area contributed by atoms with Gasteiger partial charge in [-0.2, -0.15) is 0 Å². The number of unbranched alkanes of at least 4 members (excludes halogenated alkanes) is 45. The fourth-order valence-electron chi connectivity index (χ4n) is 10.4. The van der Waals surface area contributed by atoms with Gasteiger partial charge in [-0.25, -0.2) is 0 Å². The predicted octanol–water partition coefficient (Wildman–Crippen LogP) is 21.1. The number of hydrogen-bond donors (Lipinski definition) is 3. The van der Waals surface area contributed by atoms with Gasteiger partial charge < -0.3 is 20.3 Å². The van der Waals surface area contributed by atoms with Crippen molar-refractivity contribution in [2.45, 2.75) is 373 Å². The van der Waals surface area contributed by atoms with E-state index < -0.39 is 12.1 Å². The third kappa shape index (κ3) is 59.3. The van der Waals surface area contributed by atoms with Crippen LogP contribution < -0.4 is 5.32 Å². The Labute approximate surface area is 462 Å². The molecule has 0 aromatic heterocycles. The molecule has 0 rings (SSSR count). The number of esters is 1. The van der Waals surface area contributed by atoms with Crippen molar-refractivity contribution in [1.29, 1.82) is 0 Å². The maximum Gasteiger partial charge on any atom is 0.305 e. The summed E-state index contributed by atoms with van der Waals surface area (Å²) in [6.07, 6.45) is 80.4. The number of allylic oxidation sites excluding steroid dienone is 5. The zero-order valence-electron chi connectivity index (χ0n) is 49.8. The van der Waals surface area contributed by atoms with Gasteiger partial charge in [0.05, 0.1) is 25.4 Å². The molecule has 0 aliphatic heterocycles. The van der Waals surface area contributed by atoms with Gasteiger partial charge in [0.1, 0.15) is 0 Å². The average Bonchev–Trinajstić information content (AvgIpc) is 3.40. The van der Waals surface area contributed by atoms with E-state index in [1.165, 1.54) is 276 Å². The van der Waals surface area contributed by atoms with Crippen LogP contribution in [0, 0.1) is 0 Å². The van der Waals surface area contributed by atoms with Crippen LogP contribution in [0.15, 0.2) is 36.5 Å². The summed E-state index contributed by atoms with van der Waals surface area (Å²) in [6.45, 7) is 4.87. The summed E-state index contributed by atoms with van der Waals surface area (Å²) >= 11 is 0. The Morgan fingerprint density at radius 2 is 0.676 bits per heavy atom. The standard InChI is InChI=1S/C68H129NO5/c1-3-5-7-9-11-13-15-17-19-21-28-32-36-40-44-48-52-56-60-66(71)65(64-70)69-67(72)61-57-53-49-45-41-37-33-29-26-24-23-25-27-31-35-39-43-47-51-55-59-63-74-68(73)62-58-54-50-46-42-38-34-30-22-20-18-16-14-12-10-8-6-4-2/h20,22,39,43,51,55,65-66,70-71H,3-19,21,23-38,40-42,44-50,52-54,56-64H2,1-2H3,(H,69,72)/b22-20-,43-39-,55-51-. The van der Waals surface area contributed by atoms with E-state index in [0.29, 0.717) is 25.9 Å². The minimum absolute atomic E-state index is 0.0371. The van der Waals surface area contributed by atoms with Crippen LogP contribution in [0.3, 0.4) is 0 Å². The molecule has 1 amide bonds. The zero-order valence-corrected chi connectivity index (χ0v) is 49.8. The van der Waals surface area contributed by atoms with Crippen molar-refractivity contribution in [3.63, 3.8) is 0 Å². The molecular formula is C68H129NO5. The molecule has 0 heterocycles. The molecule has 6 heteroatoms. The molecule has 0 saturated heterocycles. The van der Waals surface area contributed by atoms with Crippen molar-refractivity contribution < 1.29 is 24.5 Å². The zero-order chi connectivity index (χ0) is 53.6. The third-order valence-electron chi connectivity index (χ3n) is 15.4. The second-order valence-electron chi connectivity index (χ2n) is 22.8. The van der Waals surface area contributed by atoms with Crippen LogP contribution in [0.1, 0.15) is 361 Å². The molecule has 0 aromatic rings. The van der Waals surface area contributed by atoms with Crippen molar-refractivity contribution in [1.82, 2.24) is 5.32 Å². The highest BCUT2D eigenvalue weighted by Crippen LogP contribution is 2.18. The highest BCUT2D eigenvalue weighted by Gasteiger charge is 2.20. The van der Waals surface area contributed by atoms with Crippen LogP contribution in [0.4, 0.5) is 0 Å². The minimum Gasteiger partial charge on any atom is -0.465 e. The van der Waals surface area contributed by atoms with Gasteiger partial charge in [-0.05, 0) is 70.6 Å². The van der Waals surface area contributed by atoms with Crippen molar-refractivity contribution in [3.8, 4) is 0 Å². The minimum atomic E-state index is -0.669. The van der Waals surface area contributed by atoms with Gasteiger partial charge in [0, 0.05) is 12.8 Å². The van der Waals surface area contributed by atoms with Gasteiger partial charge in [0.2, 0.25) is 5.91 Å². The van der Waals surface area contributed by atoms with Gasteiger partial charge in [-0.3, -0.25) is 9.59 Å². The summed E-state index contributed by atoms with van der Waals surface area (Å²) in [5.74, 6) is -0.0747. The maximum atomic E-state index is 12.5. The van der Waals surface area contributed by atoms with E-state index in [1.807, 2.05) is 0 Å². The Bertz CT molecular complexity index is 1200. The molecule has 436 valence electrons. The highest BCUT2D eigenvalue weighted by molar-refractivity contribution is 5.76. The number of carbonyl (C=O) groups excluding carboxylic acids is 2. The summed E-state index contributed by atoms with van der Waals surface area (Å²) in [5, 5.41) is 23.4. The second kappa shape index (κ2) is 63.6. The van der Waals surface area contributed by atoms with Gasteiger partial charge >= 0.3 is 5.97 Å². The van der Waals surface area contributed by atoms with E-state index in [1.54, 1.807) is 0 Å². The molecule has 6 nitrogen and oxygen atoms in total. The number of carbonyl (C=O) groups is 2. The van der Waals surface area contributed by atoms with Crippen LogP contribution >= 0.6 is 0 Å². The van der Waals surface area contributed by atoms with E-state index in [-0.39, 0.29) is 18.5 Å². The first-order valence-electron chi connectivity index (χ1n) is 33.2. The largest absolute Gasteiger partial charge is 0.465 e. The Hall–Kier alpha value is -1.92. The van der Waals surface area contributed by atoms with Gasteiger partial charge in [0.15, 0.2) is 0 Å². The molecule has 3 N–H and O–H groups in total. The van der Waals surface area contributed by atoms with Gasteiger partial charge in [-0.15, -0.1) is 0 Å². The van der Waals surface area contributed by atoms with E-state index in [2.05, 4.69) is 55.6 Å². The van der Waals surface area contributed by atoms with E-state index in [0.717, 1.165) is 51.4 Å². The van der Waals surface area contributed by atoms with Crippen LogP contribution in [0.5, 0.6) is 0 Å². The average molecular weight is 1040 g/mol. The molecule has 0 bridgehead atoms. The Morgan fingerprint density at radius 3 is 1.04 bits per heavy atom. The van der Waals surface area contributed by atoms with Crippen molar-refractivity contribution in [2.75, 3.05) is 13.2 Å². The molecule has 0 fully saturated rings. The van der Waals surface area contributed by atoms with Gasteiger partial charge in [0.25, 0.3) is 0 Å². The summed E-state index contributed by atoms with van der Waals surface area (Å²) in [7, 11) is 0. The molecule has 0 spiro atoms. The smallest absolute Gasteiger partial charge is 0.305 e. The van der Waals surface area contributed by atoms with Crippen LogP contribution in [-0.2, 0) is 14.3 Å². The van der Waals surface area contributed by atoms with Crippen molar-refractivity contribution >= 4 is 11.9 Å². The summed E-state index contributed by atoms with van der Waals surface area (Å²) in [4.78, 5) is 24.6. The highest BCUT2D eigenvalue weighted by atomic mass is 16.5. The number of aliphatic hydroxyl groups excluding tert-OH is 2. The van der Waals surface area contributed by atoms with E-state index >= 15 is 0 Å². The Balaban J connectivity index is 3.44. The fourth-order valence-corrected chi connectivity index (χ4v) is 10.4. The molecule has 2 atom stereocenters. The topological polar surface area (TPSA) is 95.9 Å². The summed E-state index contributed by atoms with van der Waals surface area (Å²) in [5.41, 5.74) is 0. The van der Waals surface area contributed by atoms with E-state index in [4.69, 9.17) is 4.74 Å². The third-order valence-corrected chi connectivity index (χ3v) is 15.4. The molecule has 0 aromatic carbocycles. The first-order valence-corrected chi connectivity index (χ1v) is 33.2. The molecule has 0 aliphatic rings. The quantitative estimate of drug-likeness (QED) is 0.0320. The number of hydrogen-bond acceptors (Lipinski definition) is 5. The first kappa shape index (κ1) is 72.1. The number of rotatable bonds is 62. The predicted molar refractivity (Wildman–Crippen MR) is 324 cm³/mol. The normalized spacial score (nSPS) is 12.8. The maximum absolute atomic E-state index is 12.5. The number of amides is 1. The Kier molecular flexibility index (Phi) is 62.0. The number of aliphatic hydroxyl groups is 2. The van der Waals surface area contributed by atoms with Crippen LogP contribution in [0.25, 0.3) is 0 Å². The molecule has 2 unspecified atom stereocenters. The molecular weight excluding hydrogens is 911 g/mol. The second-order valence-corrected chi connectivity index (χ2v) is 22.8. The van der Waals surface area contributed by atoms with Crippen LogP contribution in [-0.4, -0.2) is 47.4 Å². The lowest BCUT2D eigenvalue weighted by molar-refractivity contribution is -0.143. The van der Waals surface area contributed by atoms with Crippen LogP contribution in [0.2, 0.25) is 0 Å². The Morgan fingerprint density at radius 1 is 0.378 bits per heavy atom. The summed E-state index contributed by atoms with van der Waals surface area (Å²) < 4.78 is 5.43. The fraction of sp³-hybridized carbons (Fsp3) is 0.882. The molecule has 0 saturated carbocycles. The monoisotopic (exact) mass is 1040 g/mol. The van der Waals surface area contributed by atoms with Crippen molar-refractivity contribution in [2.24, 2.45) is 0 Å². The SMILES string of the molecule is CCCCCCCCC/C=C\CCCCCCCCCC(=O)OCC/C=C\C/C=C\CCCCCCCCCCCCCCCCC(=O)NC(CO)C(O)CCCCCCCCCCCCCCCCCCCC. The van der Waals surface area contributed by atoms with E-state index in [9.17, 15) is 19.8 Å². The lowest BCUT2D eigenvalue weighted by atomic mass is 10.0. The number of nitrogens with one attached hydrogen (secondary N) is 1. The van der Waals surface area contributed by atoms with Crippen molar-refractivity contribution in [3.05, 3.63) is 36.5 Å². The summed E-state index contributed by atoms with van der Waals surface area (Å²) in [6, 6.07) is -0.546. The number of ether oxygens (including phenoxy) is 1. The molecule has 74 heavy (non-hydrogen) atoms.